The summed E-state index contributed by atoms with van der Waals surface area (Å²) < 4.78 is 12.0. The summed E-state index contributed by atoms with van der Waals surface area (Å²) in [7, 11) is 5.23. The summed E-state index contributed by atoms with van der Waals surface area (Å²) >= 11 is 3.30. The first-order chi connectivity index (χ1) is 15.6. The number of rotatable bonds is 5. The highest BCUT2D eigenvalue weighted by atomic mass is 32.1. The fourth-order valence-electron chi connectivity index (χ4n) is 4.06. The zero-order valence-corrected chi connectivity index (χ0v) is 19.7. The third-order valence-corrected chi connectivity index (χ3v) is 7.82. The molecule has 1 aliphatic heterocycles. The summed E-state index contributed by atoms with van der Waals surface area (Å²) in [5.74, 6) is 0.726. The number of carbonyl (C=O) groups excluding carboxylic acids is 1. The second kappa shape index (κ2) is 8.54. The lowest BCUT2D eigenvalue weighted by molar-refractivity contribution is 0.102. The molecule has 1 aliphatic rings. The molecule has 0 bridgehead atoms. The number of nitrogens with zero attached hydrogens (tertiary/aromatic N) is 2. The van der Waals surface area contributed by atoms with E-state index in [0.717, 1.165) is 45.3 Å². The zero-order valence-electron chi connectivity index (χ0n) is 18.1. The van der Waals surface area contributed by atoms with Gasteiger partial charge in [0, 0.05) is 23.5 Å². The van der Waals surface area contributed by atoms with Crippen molar-refractivity contribution in [2.75, 3.05) is 33.1 Å². The van der Waals surface area contributed by atoms with Crippen molar-refractivity contribution in [1.82, 2.24) is 9.88 Å². The molecule has 0 fully saturated rings. The fraction of sp³-hybridized carbons (Fsp3) is 0.250. The Morgan fingerprint density at radius 3 is 2.72 bits per heavy atom. The maximum absolute atomic E-state index is 13.3. The lowest BCUT2D eigenvalue weighted by Gasteiger charge is -2.22. The number of para-hydroxylation sites is 2. The van der Waals surface area contributed by atoms with E-state index < -0.39 is 0 Å². The van der Waals surface area contributed by atoms with Crippen LogP contribution in [0.25, 0.3) is 20.8 Å². The molecular weight excluding hydrogens is 442 g/mol. The number of amides is 1. The van der Waals surface area contributed by atoms with E-state index in [1.165, 1.54) is 10.4 Å². The first-order valence-corrected chi connectivity index (χ1v) is 11.9. The van der Waals surface area contributed by atoms with Gasteiger partial charge in [0.2, 0.25) is 0 Å². The number of benzene rings is 2. The average Bonchev–Trinajstić information content (AvgIpc) is 3.38. The van der Waals surface area contributed by atoms with Gasteiger partial charge in [0.25, 0.3) is 5.91 Å². The predicted octanol–water partition coefficient (Wildman–Crippen LogP) is 5.28. The Morgan fingerprint density at radius 1 is 1.09 bits per heavy atom. The van der Waals surface area contributed by atoms with Crippen molar-refractivity contribution in [2.24, 2.45) is 0 Å². The summed E-state index contributed by atoms with van der Waals surface area (Å²) in [5, 5.41) is 4.94. The number of hydrogen-bond donors (Lipinski definition) is 1. The second-order valence-electron chi connectivity index (χ2n) is 7.68. The van der Waals surface area contributed by atoms with Crippen LogP contribution >= 0.6 is 22.7 Å². The molecule has 0 atom stereocenters. The smallest absolute Gasteiger partial charge is 0.260 e. The van der Waals surface area contributed by atoms with Gasteiger partial charge in [-0.3, -0.25) is 4.79 Å². The molecule has 2 aromatic carbocycles. The Balaban J connectivity index is 1.59. The SMILES string of the molecule is COc1cccc(C(=O)Nc2sc3c(c2-c2nc4ccccc4s2)CCN(C)C3)c1OC. The van der Waals surface area contributed by atoms with Gasteiger partial charge >= 0.3 is 0 Å². The molecule has 0 radical (unpaired) electrons. The van der Waals surface area contributed by atoms with Gasteiger partial charge in [0.15, 0.2) is 11.5 Å². The number of aromatic nitrogens is 1. The Labute approximate surface area is 194 Å². The van der Waals surface area contributed by atoms with E-state index in [1.807, 2.05) is 18.2 Å². The van der Waals surface area contributed by atoms with Gasteiger partial charge in [-0.25, -0.2) is 4.98 Å². The number of anilines is 1. The molecule has 0 saturated carbocycles. The van der Waals surface area contributed by atoms with E-state index in [0.29, 0.717) is 17.1 Å². The highest BCUT2D eigenvalue weighted by Gasteiger charge is 2.27. The Morgan fingerprint density at radius 2 is 1.94 bits per heavy atom. The van der Waals surface area contributed by atoms with Gasteiger partial charge in [-0.2, -0.15) is 0 Å². The van der Waals surface area contributed by atoms with Gasteiger partial charge < -0.3 is 19.7 Å². The van der Waals surface area contributed by atoms with Gasteiger partial charge in [0.05, 0.1) is 30.0 Å². The summed E-state index contributed by atoms with van der Waals surface area (Å²) in [4.78, 5) is 21.8. The van der Waals surface area contributed by atoms with Crippen molar-refractivity contribution >= 4 is 43.8 Å². The van der Waals surface area contributed by atoms with Crippen LogP contribution in [0.3, 0.4) is 0 Å². The van der Waals surface area contributed by atoms with Crippen LogP contribution in [0.4, 0.5) is 5.00 Å². The molecule has 2 aromatic heterocycles. The maximum Gasteiger partial charge on any atom is 0.260 e. The minimum atomic E-state index is -0.227. The van der Waals surface area contributed by atoms with Crippen LogP contribution in [-0.4, -0.2) is 43.6 Å². The highest BCUT2D eigenvalue weighted by Crippen LogP contribution is 2.46. The number of hydrogen-bond acceptors (Lipinski definition) is 7. The van der Waals surface area contributed by atoms with Crippen LogP contribution in [0, 0.1) is 0 Å². The molecular formula is C24H23N3O3S2. The number of methoxy groups -OCH3 is 2. The molecule has 8 heteroatoms. The molecule has 1 amide bonds. The lowest BCUT2D eigenvalue weighted by atomic mass is 10.0. The minimum absolute atomic E-state index is 0.227. The maximum atomic E-state index is 13.3. The summed E-state index contributed by atoms with van der Waals surface area (Å²) in [6.07, 6.45) is 0.936. The van der Waals surface area contributed by atoms with E-state index in [-0.39, 0.29) is 5.91 Å². The van der Waals surface area contributed by atoms with Gasteiger partial charge in [-0.1, -0.05) is 18.2 Å². The Kier molecular flexibility index (Phi) is 5.58. The lowest BCUT2D eigenvalue weighted by Crippen LogP contribution is -2.25. The van der Waals surface area contributed by atoms with Crippen LogP contribution in [-0.2, 0) is 13.0 Å². The molecule has 164 valence electrons. The van der Waals surface area contributed by atoms with Crippen molar-refractivity contribution in [3.8, 4) is 22.1 Å². The van der Waals surface area contributed by atoms with Gasteiger partial charge in [-0.15, -0.1) is 22.7 Å². The number of nitrogens with one attached hydrogen (secondary N) is 1. The molecule has 0 saturated heterocycles. The van der Waals surface area contributed by atoms with E-state index in [2.05, 4.69) is 23.3 Å². The quantitative estimate of drug-likeness (QED) is 0.434. The van der Waals surface area contributed by atoms with Gasteiger partial charge in [0.1, 0.15) is 10.0 Å². The number of likely N-dealkylation sites (N-methyl/N-ethyl adjacent to an activating group) is 1. The van der Waals surface area contributed by atoms with Gasteiger partial charge in [-0.05, 0) is 43.3 Å². The molecule has 5 rings (SSSR count). The summed E-state index contributed by atoms with van der Waals surface area (Å²) in [5.41, 5.74) is 3.76. The van der Waals surface area contributed by atoms with E-state index in [1.54, 1.807) is 55.1 Å². The average molecular weight is 466 g/mol. The molecule has 1 N–H and O–H groups in total. The molecule has 0 unspecified atom stereocenters. The molecule has 3 heterocycles. The summed E-state index contributed by atoms with van der Waals surface area (Å²) in [6.45, 7) is 1.86. The number of thiophene rings is 1. The first kappa shape index (κ1) is 20.9. The number of ether oxygens (including phenoxy) is 2. The zero-order chi connectivity index (χ0) is 22.2. The first-order valence-electron chi connectivity index (χ1n) is 10.3. The molecule has 0 aliphatic carbocycles. The third kappa shape index (κ3) is 3.64. The van der Waals surface area contributed by atoms with E-state index >= 15 is 0 Å². The normalized spacial score (nSPS) is 13.7. The Bertz CT molecular complexity index is 1280. The second-order valence-corrected chi connectivity index (χ2v) is 9.81. The topological polar surface area (TPSA) is 63.7 Å². The molecule has 6 nitrogen and oxygen atoms in total. The van der Waals surface area contributed by atoms with Crippen molar-refractivity contribution in [3.63, 3.8) is 0 Å². The van der Waals surface area contributed by atoms with Crippen LogP contribution in [0.5, 0.6) is 11.5 Å². The molecule has 4 aromatic rings. The number of fused-ring (bicyclic) bond motifs is 2. The van der Waals surface area contributed by atoms with Crippen molar-refractivity contribution in [2.45, 2.75) is 13.0 Å². The van der Waals surface area contributed by atoms with Crippen molar-refractivity contribution in [3.05, 3.63) is 58.5 Å². The monoisotopic (exact) mass is 465 g/mol. The fourth-order valence-corrected chi connectivity index (χ4v) is 6.49. The predicted molar refractivity (Wildman–Crippen MR) is 130 cm³/mol. The minimum Gasteiger partial charge on any atom is -0.493 e. The Hall–Kier alpha value is -2.94. The van der Waals surface area contributed by atoms with E-state index in [9.17, 15) is 4.79 Å². The molecule has 32 heavy (non-hydrogen) atoms. The van der Waals surface area contributed by atoms with Crippen LogP contribution in [0.15, 0.2) is 42.5 Å². The summed E-state index contributed by atoms with van der Waals surface area (Å²) in [6, 6.07) is 13.5. The number of carbonyl (C=O) groups is 1. The van der Waals surface area contributed by atoms with Crippen LogP contribution in [0.1, 0.15) is 20.8 Å². The standard InChI is InChI=1S/C24H23N3O3S2/c1-27-12-11-14-19(13-27)32-24(20(14)23-25-16-8-4-5-10-18(16)31-23)26-22(28)15-7-6-9-17(29-2)21(15)30-3/h4-10H,11-13H2,1-3H3,(H,26,28). The molecule has 0 spiro atoms. The van der Waals surface area contributed by atoms with Crippen molar-refractivity contribution in [1.29, 1.82) is 0 Å². The van der Waals surface area contributed by atoms with Crippen LogP contribution < -0.4 is 14.8 Å². The van der Waals surface area contributed by atoms with Crippen LogP contribution in [0.2, 0.25) is 0 Å². The van der Waals surface area contributed by atoms with Crippen molar-refractivity contribution < 1.29 is 14.3 Å². The van der Waals surface area contributed by atoms with E-state index in [4.69, 9.17) is 14.5 Å². The highest BCUT2D eigenvalue weighted by molar-refractivity contribution is 7.23. The number of thiazole rings is 1. The largest absolute Gasteiger partial charge is 0.493 e. The third-order valence-electron chi connectivity index (χ3n) is 5.63.